The van der Waals surface area contributed by atoms with E-state index in [0.29, 0.717) is 61.4 Å². The lowest BCUT2D eigenvalue weighted by molar-refractivity contribution is -0.131. The van der Waals surface area contributed by atoms with Gasteiger partial charge >= 0.3 is 6.01 Å². The van der Waals surface area contributed by atoms with Gasteiger partial charge in [-0.3, -0.25) is 9.69 Å². The quantitative estimate of drug-likeness (QED) is 0.406. The summed E-state index contributed by atoms with van der Waals surface area (Å²) in [6.45, 7) is 6.74. The molecule has 0 radical (unpaired) electrons. The lowest BCUT2D eigenvalue weighted by Gasteiger charge is -2.43. The van der Waals surface area contributed by atoms with Crippen LogP contribution in [0.15, 0.2) is 30.6 Å². The van der Waals surface area contributed by atoms with Gasteiger partial charge in [-0.05, 0) is 62.3 Å². The molecule has 9 nitrogen and oxygen atoms in total. The molecule has 2 aliphatic carbocycles. The maximum Gasteiger partial charge on any atom is 0.318 e. The lowest BCUT2D eigenvalue weighted by Crippen LogP contribution is -2.55. The van der Waals surface area contributed by atoms with Gasteiger partial charge in [0.05, 0.1) is 43.5 Å². The van der Waals surface area contributed by atoms with Gasteiger partial charge in [0, 0.05) is 41.7 Å². The predicted octanol–water partition coefficient (Wildman–Crippen LogP) is 4.63. The molecule has 3 saturated heterocycles. The Morgan fingerprint density at radius 3 is 2.71 bits per heavy atom. The number of carbonyl (C=O) groups excluding carboxylic acids is 1. The van der Waals surface area contributed by atoms with Gasteiger partial charge in [-0.15, -0.1) is 0 Å². The number of anilines is 1. The Balaban J connectivity index is 1.23. The van der Waals surface area contributed by atoms with Crippen LogP contribution in [0, 0.1) is 11.3 Å². The number of benzene rings is 1. The van der Waals surface area contributed by atoms with Crippen molar-refractivity contribution in [3.63, 3.8) is 0 Å². The smallest absolute Gasteiger partial charge is 0.318 e. The summed E-state index contributed by atoms with van der Waals surface area (Å²) in [5.74, 6) is -1.31. The molecular formula is C33H37ClF2N6O3. The summed E-state index contributed by atoms with van der Waals surface area (Å²) in [4.78, 5) is 27.9. The molecular weight excluding hydrogens is 602 g/mol. The molecule has 0 N–H and O–H groups in total. The molecule has 1 spiro atoms. The number of amides is 1. The van der Waals surface area contributed by atoms with Gasteiger partial charge in [0.1, 0.15) is 12.4 Å². The number of hydrogen-bond donors (Lipinski definition) is 0. The Morgan fingerprint density at radius 2 is 1.98 bits per heavy atom. The van der Waals surface area contributed by atoms with E-state index in [1.807, 2.05) is 23.1 Å². The third-order valence-corrected chi connectivity index (χ3v) is 10.9. The second-order valence-corrected chi connectivity index (χ2v) is 13.3. The standard InChI is InChI=1S/C33H37ClF2N6O3/c1-20(35)31(43)42-15-14-40(16-21(42)9-12-37)30-25-8-11-33(10-7-24-26(33)5-2-6-27(24)34)29(36)28(25)38-32(39-30)45-19-22-4-3-13-41(22)23-17-44-18-23/h2,5-6,21-23,29H,1,3-4,7-11,13-19H2/t21-,22-,29-,33+/m0/s1. The number of fused-ring (bicyclic) bond motifs is 3. The Morgan fingerprint density at radius 1 is 1.18 bits per heavy atom. The van der Waals surface area contributed by atoms with Crippen LogP contribution in [0.5, 0.6) is 6.01 Å². The Hall–Kier alpha value is -3.33. The Labute approximate surface area is 266 Å². The number of nitriles is 1. The number of nitrogens with zero attached hydrogens (tertiary/aromatic N) is 6. The predicted molar refractivity (Wildman–Crippen MR) is 164 cm³/mol. The first-order chi connectivity index (χ1) is 21.8. The molecule has 1 aromatic heterocycles. The van der Waals surface area contributed by atoms with Crippen molar-refractivity contribution < 1.29 is 23.0 Å². The number of hydrogen-bond acceptors (Lipinski definition) is 8. The molecule has 12 heteroatoms. The highest BCUT2D eigenvalue weighted by Gasteiger charge is 2.51. The first kappa shape index (κ1) is 30.3. The van der Waals surface area contributed by atoms with Crippen LogP contribution in [-0.2, 0) is 27.8 Å². The van der Waals surface area contributed by atoms with Crippen molar-refractivity contribution in [3.8, 4) is 12.1 Å². The molecule has 5 aliphatic rings. The molecule has 238 valence electrons. The highest BCUT2D eigenvalue weighted by molar-refractivity contribution is 6.31. The molecule has 3 fully saturated rings. The van der Waals surface area contributed by atoms with Crippen LogP contribution in [0.25, 0.3) is 0 Å². The van der Waals surface area contributed by atoms with Crippen molar-refractivity contribution in [3.05, 3.63) is 58.0 Å². The molecule has 4 heterocycles. The van der Waals surface area contributed by atoms with Gasteiger partial charge in [0.15, 0.2) is 12.0 Å². The summed E-state index contributed by atoms with van der Waals surface area (Å²) in [5.41, 5.74) is 2.27. The summed E-state index contributed by atoms with van der Waals surface area (Å²) < 4.78 is 42.7. The summed E-state index contributed by atoms with van der Waals surface area (Å²) in [6.07, 6.45) is 3.17. The van der Waals surface area contributed by atoms with Crippen molar-refractivity contribution in [2.45, 2.75) is 74.7 Å². The van der Waals surface area contributed by atoms with E-state index in [0.717, 1.165) is 49.3 Å². The van der Waals surface area contributed by atoms with E-state index in [1.54, 1.807) is 0 Å². The van der Waals surface area contributed by atoms with Crippen molar-refractivity contribution in [2.75, 3.05) is 50.9 Å². The van der Waals surface area contributed by atoms with Crippen molar-refractivity contribution in [1.82, 2.24) is 19.8 Å². The Bertz CT molecular complexity index is 1550. The van der Waals surface area contributed by atoms with Gasteiger partial charge in [-0.1, -0.05) is 30.3 Å². The number of rotatable bonds is 7. The fourth-order valence-corrected chi connectivity index (χ4v) is 8.39. The zero-order chi connectivity index (χ0) is 31.3. The van der Waals surface area contributed by atoms with Crippen LogP contribution in [0.3, 0.4) is 0 Å². The first-order valence-corrected chi connectivity index (χ1v) is 16.2. The minimum atomic E-state index is -1.40. The minimum absolute atomic E-state index is 0.0148. The second-order valence-electron chi connectivity index (χ2n) is 12.9. The molecule has 3 aliphatic heterocycles. The largest absolute Gasteiger partial charge is 0.462 e. The van der Waals surface area contributed by atoms with Crippen LogP contribution >= 0.6 is 11.6 Å². The van der Waals surface area contributed by atoms with Gasteiger partial charge in [0.2, 0.25) is 0 Å². The van der Waals surface area contributed by atoms with Gasteiger partial charge in [-0.2, -0.15) is 15.2 Å². The molecule has 45 heavy (non-hydrogen) atoms. The highest BCUT2D eigenvalue weighted by Crippen LogP contribution is 2.56. The summed E-state index contributed by atoms with van der Waals surface area (Å²) >= 11 is 6.55. The molecule has 4 atom stereocenters. The second kappa shape index (κ2) is 12.1. The number of halogens is 3. The lowest BCUT2D eigenvalue weighted by atomic mass is 9.68. The SMILES string of the molecule is C=C(F)C(=O)N1CCN(c2nc(OC[C@@H]3CCCN3C3COC3)nc3c2CC[C@@]2(CCc4c(Cl)cccc42)[C@H]3F)C[C@@H]1CC#N. The van der Waals surface area contributed by atoms with Crippen LogP contribution in [0.2, 0.25) is 5.02 Å². The van der Waals surface area contributed by atoms with Crippen LogP contribution in [0.4, 0.5) is 14.6 Å². The van der Waals surface area contributed by atoms with E-state index in [1.165, 1.54) is 4.90 Å². The zero-order valence-electron chi connectivity index (χ0n) is 25.2. The molecule has 1 aromatic carbocycles. The van der Waals surface area contributed by atoms with Crippen LogP contribution in [0.1, 0.15) is 60.7 Å². The van der Waals surface area contributed by atoms with Gasteiger partial charge < -0.3 is 19.3 Å². The number of likely N-dealkylation sites (tertiary alicyclic amines) is 1. The molecule has 0 unspecified atom stereocenters. The fraction of sp³-hybridized carbons (Fsp3) is 0.576. The summed E-state index contributed by atoms with van der Waals surface area (Å²) in [6, 6.07) is 7.99. The van der Waals surface area contributed by atoms with Crippen molar-refractivity contribution in [1.29, 1.82) is 5.26 Å². The molecule has 2 aromatic rings. The topological polar surface area (TPSA) is 94.8 Å². The number of aromatic nitrogens is 2. The maximum atomic E-state index is 17.1. The van der Waals surface area contributed by atoms with E-state index in [4.69, 9.17) is 31.0 Å². The summed E-state index contributed by atoms with van der Waals surface area (Å²) in [5, 5.41) is 10.2. The normalized spacial score (nSPS) is 28.0. The first-order valence-electron chi connectivity index (χ1n) is 15.9. The summed E-state index contributed by atoms with van der Waals surface area (Å²) in [7, 11) is 0. The Kier molecular flexibility index (Phi) is 8.17. The molecule has 1 amide bonds. The van der Waals surface area contributed by atoms with E-state index in [9.17, 15) is 14.4 Å². The van der Waals surface area contributed by atoms with Gasteiger partial charge in [-0.25, -0.2) is 8.78 Å². The zero-order valence-corrected chi connectivity index (χ0v) is 25.9. The number of piperazine rings is 1. The molecule has 7 rings (SSSR count). The van der Waals surface area contributed by atoms with E-state index >= 15 is 4.39 Å². The van der Waals surface area contributed by atoms with Crippen molar-refractivity contribution >= 4 is 23.3 Å². The van der Waals surface area contributed by atoms with E-state index in [-0.39, 0.29) is 31.6 Å². The number of alkyl halides is 1. The third-order valence-electron chi connectivity index (χ3n) is 10.5. The van der Waals surface area contributed by atoms with Crippen molar-refractivity contribution in [2.24, 2.45) is 0 Å². The van der Waals surface area contributed by atoms with E-state index in [2.05, 4.69) is 17.5 Å². The van der Waals surface area contributed by atoms with Crippen LogP contribution in [-0.4, -0.2) is 89.8 Å². The minimum Gasteiger partial charge on any atom is -0.462 e. The molecule has 0 bridgehead atoms. The average molecular weight is 639 g/mol. The average Bonchev–Trinajstić information content (AvgIpc) is 3.62. The maximum absolute atomic E-state index is 17.1. The number of ether oxygens (including phenoxy) is 2. The van der Waals surface area contributed by atoms with Gasteiger partial charge in [0.25, 0.3) is 5.91 Å². The monoisotopic (exact) mass is 638 g/mol. The van der Waals surface area contributed by atoms with Crippen LogP contribution < -0.4 is 9.64 Å². The third kappa shape index (κ3) is 5.25. The van der Waals surface area contributed by atoms with E-state index < -0.39 is 29.4 Å². The highest BCUT2D eigenvalue weighted by atomic mass is 35.5. The molecule has 0 saturated carbocycles. The number of carbonyl (C=O) groups is 1. The fourth-order valence-electron chi connectivity index (χ4n) is 8.12.